The molecule has 0 radical (unpaired) electrons. The number of ether oxygens (including phenoxy) is 2. The molecule has 0 aliphatic carbocycles. The maximum atomic E-state index is 12.8. The van der Waals surface area contributed by atoms with Crippen LogP contribution in [0.2, 0.25) is 10.0 Å². The van der Waals surface area contributed by atoms with E-state index in [1.54, 1.807) is 48.7 Å². The van der Waals surface area contributed by atoms with Crippen molar-refractivity contribution in [2.24, 2.45) is 5.84 Å². The van der Waals surface area contributed by atoms with Gasteiger partial charge in [0.05, 0.1) is 10.0 Å². The van der Waals surface area contributed by atoms with Gasteiger partial charge in [0.2, 0.25) is 5.95 Å². The summed E-state index contributed by atoms with van der Waals surface area (Å²) in [6, 6.07) is 11.4. The van der Waals surface area contributed by atoms with Crippen LogP contribution in [0.4, 0.5) is 22.2 Å². The standard InChI is InChI=1S/C26H24Cl2N8O4/c1-26(2,3)35-25(38)34-21-14(19-15(27)5-4-6-16(19)28)9-12-11-30-24(33-20(12)32-21)31-13-7-8-17-18(10-13)40-23(39-17)22(37)36-29/h4-11,23H,29H2,1-3H3,(H,36,37)(H3,30,31,32,33,34,35,38). The molecule has 0 fully saturated rings. The Labute approximate surface area is 238 Å². The average molecular weight is 583 g/mol. The van der Waals surface area contributed by atoms with Crippen LogP contribution in [0.25, 0.3) is 22.2 Å². The Kier molecular flexibility index (Phi) is 7.23. The molecular weight excluding hydrogens is 559 g/mol. The van der Waals surface area contributed by atoms with Crippen LogP contribution in [-0.4, -0.2) is 38.7 Å². The molecular formula is C26H24Cl2N8O4. The minimum absolute atomic E-state index is 0.209. The van der Waals surface area contributed by atoms with Crippen molar-refractivity contribution in [3.05, 3.63) is 58.7 Å². The number of aromatic nitrogens is 3. The zero-order chi connectivity index (χ0) is 28.6. The van der Waals surface area contributed by atoms with E-state index in [0.29, 0.717) is 49.4 Å². The third-order valence-electron chi connectivity index (χ3n) is 5.55. The maximum Gasteiger partial charge on any atom is 0.323 e. The highest BCUT2D eigenvalue weighted by atomic mass is 35.5. The largest absolute Gasteiger partial charge is 0.442 e. The second-order valence-electron chi connectivity index (χ2n) is 9.78. The second kappa shape index (κ2) is 10.6. The molecule has 40 heavy (non-hydrogen) atoms. The van der Waals surface area contributed by atoms with Crippen LogP contribution >= 0.6 is 23.2 Å². The van der Waals surface area contributed by atoms with Crippen molar-refractivity contribution in [1.82, 2.24) is 25.7 Å². The highest BCUT2D eigenvalue weighted by Crippen LogP contribution is 2.40. The number of carbonyl (C=O) groups excluding carboxylic acids is 2. The summed E-state index contributed by atoms with van der Waals surface area (Å²) in [5.74, 6) is 5.70. The molecule has 206 valence electrons. The lowest BCUT2D eigenvalue weighted by atomic mass is 10.0. The Bertz CT molecular complexity index is 1620. The van der Waals surface area contributed by atoms with Gasteiger partial charge in [-0.05, 0) is 51.1 Å². The molecule has 1 atom stereocenters. The van der Waals surface area contributed by atoms with Crippen LogP contribution in [0.1, 0.15) is 20.8 Å². The van der Waals surface area contributed by atoms with Gasteiger partial charge >= 0.3 is 18.2 Å². The summed E-state index contributed by atoms with van der Waals surface area (Å²) in [6.45, 7) is 5.59. The third-order valence-corrected chi connectivity index (χ3v) is 6.18. The van der Waals surface area contributed by atoms with Crippen molar-refractivity contribution >= 4 is 63.6 Å². The van der Waals surface area contributed by atoms with Crippen molar-refractivity contribution in [1.29, 1.82) is 0 Å². The fourth-order valence-corrected chi connectivity index (χ4v) is 4.48. The summed E-state index contributed by atoms with van der Waals surface area (Å²) >= 11 is 13.0. The van der Waals surface area contributed by atoms with E-state index in [9.17, 15) is 9.59 Å². The summed E-state index contributed by atoms with van der Waals surface area (Å²) < 4.78 is 10.9. The predicted octanol–water partition coefficient (Wildman–Crippen LogP) is 4.75. The lowest BCUT2D eigenvalue weighted by Gasteiger charge is -2.21. The number of hydrogen-bond donors (Lipinski definition) is 5. The molecule has 0 spiro atoms. The Morgan fingerprint density at radius 2 is 1.73 bits per heavy atom. The molecule has 2 aromatic heterocycles. The molecule has 0 saturated heterocycles. The van der Waals surface area contributed by atoms with Crippen LogP contribution in [0.15, 0.2) is 48.7 Å². The van der Waals surface area contributed by atoms with Crippen molar-refractivity contribution in [3.8, 4) is 22.6 Å². The molecule has 3 amide bonds. The van der Waals surface area contributed by atoms with Crippen LogP contribution in [0, 0.1) is 0 Å². The minimum Gasteiger partial charge on any atom is -0.442 e. The zero-order valence-electron chi connectivity index (χ0n) is 21.5. The fraction of sp³-hybridized carbons (Fsp3) is 0.192. The number of hydrazine groups is 1. The van der Waals surface area contributed by atoms with E-state index >= 15 is 0 Å². The molecule has 12 nitrogen and oxygen atoms in total. The average Bonchev–Trinajstić information content (AvgIpc) is 3.31. The predicted molar refractivity (Wildman–Crippen MR) is 152 cm³/mol. The molecule has 5 rings (SSSR count). The molecule has 1 aliphatic heterocycles. The Balaban J connectivity index is 1.49. The smallest absolute Gasteiger partial charge is 0.323 e. The fourth-order valence-electron chi connectivity index (χ4n) is 3.88. The van der Waals surface area contributed by atoms with Gasteiger partial charge in [0, 0.05) is 40.0 Å². The maximum absolute atomic E-state index is 12.8. The zero-order valence-corrected chi connectivity index (χ0v) is 23.0. The van der Waals surface area contributed by atoms with Crippen molar-refractivity contribution in [3.63, 3.8) is 0 Å². The number of benzene rings is 2. The van der Waals surface area contributed by atoms with Crippen LogP contribution in [-0.2, 0) is 4.79 Å². The molecule has 0 saturated carbocycles. The quantitative estimate of drug-likeness (QED) is 0.127. The van der Waals surface area contributed by atoms with Gasteiger partial charge in [-0.1, -0.05) is 29.3 Å². The molecule has 1 unspecified atom stereocenters. The van der Waals surface area contributed by atoms with E-state index in [4.69, 9.17) is 38.5 Å². The number of nitrogens with zero attached hydrogens (tertiary/aromatic N) is 3. The number of fused-ring (bicyclic) bond motifs is 2. The van der Waals surface area contributed by atoms with E-state index in [1.165, 1.54) is 0 Å². The monoisotopic (exact) mass is 582 g/mol. The van der Waals surface area contributed by atoms with Gasteiger partial charge in [-0.2, -0.15) is 4.98 Å². The molecule has 1 aliphatic rings. The first kappa shape index (κ1) is 27.2. The van der Waals surface area contributed by atoms with E-state index < -0.39 is 23.8 Å². The highest BCUT2D eigenvalue weighted by molar-refractivity contribution is 6.39. The number of anilines is 3. The number of nitrogens with one attached hydrogen (secondary N) is 4. The molecule has 0 bridgehead atoms. The lowest BCUT2D eigenvalue weighted by Crippen LogP contribution is -2.43. The van der Waals surface area contributed by atoms with E-state index in [2.05, 4.69) is 30.9 Å². The summed E-state index contributed by atoms with van der Waals surface area (Å²) in [5.41, 5.74) is 3.38. The summed E-state index contributed by atoms with van der Waals surface area (Å²) in [6.07, 6.45) is 0.401. The number of carbonyl (C=O) groups is 2. The normalized spacial score (nSPS) is 14.1. The van der Waals surface area contributed by atoms with Crippen molar-refractivity contribution in [2.75, 3.05) is 10.6 Å². The number of hydrogen-bond acceptors (Lipinski definition) is 9. The summed E-state index contributed by atoms with van der Waals surface area (Å²) in [5, 5.41) is 10.1. The van der Waals surface area contributed by atoms with Crippen molar-refractivity contribution in [2.45, 2.75) is 32.6 Å². The number of pyridine rings is 1. The number of rotatable bonds is 5. The van der Waals surface area contributed by atoms with Gasteiger partial charge in [0.15, 0.2) is 17.1 Å². The second-order valence-corrected chi connectivity index (χ2v) is 10.6. The first-order chi connectivity index (χ1) is 19.0. The lowest BCUT2D eigenvalue weighted by molar-refractivity contribution is -0.136. The molecule has 6 N–H and O–H groups in total. The highest BCUT2D eigenvalue weighted by Gasteiger charge is 2.30. The van der Waals surface area contributed by atoms with Crippen LogP contribution < -0.4 is 36.7 Å². The van der Waals surface area contributed by atoms with Gasteiger partial charge in [0.1, 0.15) is 5.82 Å². The number of halogens is 2. The number of amides is 3. The third kappa shape index (κ3) is 5.78. The number of nitrogens with two attached hydrogens (primary N) is 1. The first-order valence-electron chi connectivity index (χ1n) is 12.0. The minimum atomic E-state index is -1.18. The summed E-state index contributed by atoms with van der Waals surface area (Å²) in [7, 11) is 0. The van der Waals surface area contributed by atoms with Gasteiger partial charge in [-0.3, -0.25) is 15.5 Å². The summed E-state index contributed by atoms with van der Waals surface area (Å²) in [4.78, 5) is 38.0. The van der Waals surface area contributed by atoms with Gasteiger partial charge < -0.3 is 20.1 Å². The van der Waals surface area contributed by atoms with E-state index in [1.807, 2.05) is 26.2 Å². The van der Waals surface area contributed by atoms with Gasteiger partial charge in [-0.15, -0.1) is 0 Å². The van der Waals surface area contributed by atoms with Gasteiger partial charge in [-0.25, -0.2) is 20.6 Å². The topological polar surface area (TPSA) is 165 Å². The van der Waals surface area contributed by atoms with Crippen LogP contribution in [0.3, 0.4) is 0 Å². The number of urea groups is 1. The molecule has 14 heteroatoms. The SMILES string of the molecule is CC(C)(C)NC(=O)Nc1nc2nc(Nc3ccc4c(c3)OC(C(=O)NN)O4)ncc2cc1-c1c(Cl)cccc1Cl. The molecule has 3 heterocycles. The van der Waals surface area contributed by atoms with E-state index in [-0.39, 0.29) is 11.8 Å². The van der Waals surface area contributed by atoms with Crippen molar-refractivity contribution < 1.29 is 19.1 Å². The molecule has 2 aromatic carbocycles. The Morgan fingerprint density at radius 3 is 2.42 bits per heavy atom. The van der Waals surface area contributed by atoms with Gasteiger partial charge in [0.25, 0.3) is 0 Å². The van der Waals surface area contributed by atoms with E-state index in [0.717, 1.165) is 0 Å². The Hall–Kier alpha value is -4.39. The molecule has 4 aromatic rings. The Morgan fingerprint density at radius 1 is 1.00 bits per heavy atom. The first-order valence-corrected chi connectivity index (χ1v) is 12.7. The van der Waals surface area contributed by atoms with Crippen LogP contribution in [0.5, 0.6) is 11.5 Å².